The highest BCUT2D eigenvalue weighted by Gasteiger charge is 2.15. The topological polar surface area (TPSA) is 115 Å². The molecule has 0 saturated carbocycles. The Kier molecular flexibility index (Phi) is 6.71. The Labute approximate surface area is 170 Å². The van der Waals surface area contributed by atoms with Crippen molar-refractivity contribution in [3.05, 3.63) is 46.7 Å². The van der Waals surface area contributed by atoms with E-state index < -0.39 is 0 Å². The van der Waals surface area contributed by atoms with E-state index in [0.717, 1.165) is 5.56 Å². The standard InChI is InChI=1S/C17H19N7O2S2/c1-3-24-13(8-18-15(26)12-6-4-5-11(2)7-12)21-23-17(24)27-9-14(25)20-16-22-19-10-28-16/h4-7,10H,3,8-9H2,1-2H3,(H,18,26)(H,20,22,25). The Morgan fingerprint density at radius 2 is 2.11 bits per heavy atom. The zero-order valence-electron chi connectivity index (χ0n) is 15.4. The van der Waals surface area contributed by atoms with Crippen molar-refractivity contribution >= 4 is 40.0 Å². The molecule has 9 nitrogen and oxygen atoms in total. The van der Waals surface area contributed by atoms with Crippen LogP contribution >= 0.6 is 23.1 Å². The van der Waals surface area contributed by atoms with Crippen molar-refractivity contribution in [2.75, 3.05) is 11.1 Å². The van der Waals surface area contributed by atoms with Crippen LogP contribution in [0.4, 0.5) is 5.13 Å². The predicted octanol–water partition coefficient (Wildman–Crippen LogP) is 2.12. The van der Waals surface area contributed by atoms with E-state index in [-0.39, 0.29) is 24.1 Å². The first-order chi connectivity index (χ1) is 13.6. The van der Waals surface area contributed by atoms with Crippen LogP contribution in [-0.2, 0) is 17.9 Å². The fourth-order valence-electron chi connectivity index (χ4n) is 2.43. The first kappa shape index (κ1) is 20.0. The molecule has 28 heavy (non-hydrogen) atoms. The first-order valence-electron chi connectivity index (χ1n) is 8.52. The number of aromatic nitrogens is 5. The molecule has 0 fully saturated rings. The van der Waals surface area contributed by atoms with Crippen LogP contribution in [0.15, 0.2) is 34.9 Å². The minimum absolute atomic E-state index is 0.167. The third kappa shape index (κ3) is 5.14. The number of hydrogen-bond donors (Lipinski definition) is 2. The van der Waals surface area contributed by atoms with Crippen LogP contribution < -0.4 is 10.6 Å². The second kappa shape index (κ2) is 9.42. The molecule has 0 radical (unpaired) electrons. The summed E-state index contributed by atoms with van der Waals surface area (Å²) in [7, 11) is 0. The average molecular weight is 418 g/mol. The number of carbonyl (C=O) groups excluding carboxylic acids is 2. The van der Waals surface area contributed by atoms with E-state index in [0.29, 0.717) is 28.2 Å². The Morgan fingerprint density at radius 1 is 1.25 bits per heavy atom. The van der Waals surface area contributed by atoms with Crippen LogP contribution in [-0.4, -0.2) is 42.5 Å². The molecule has 0 bridgehead atoms. The van der Waals surface area contributed by atoms with Crippen molar-refractivity contribution in [3.63, 3.8) is 0 Å². The number of nitrogens with one attached hydrogen (secondary N) is 2. The minimum atomic E-state index is -0.193. The van der Waals surface area contributed by atoms with Crippen molar-refractivity contribution in [3.8, 4) is 0 Å². The fourth-order valence-corrected chi connectivity index (χ4v) is 3.72. The van der Waals surface area contributed by atoms with Crippen molar-refractivity contribution in [1.29, 1.82) is 0 Å². The number of rotatable bonds is 8. The maximum absolute atomic E-state index is 12.3. The second-order valence-corrected chi connectivity index (χ2v) is 7.55. The van der Waals surface area contributed by atoms with Crippen molar-refractivity contribution in [1.82, 2.24) is 30.3 Å². The summed E-state index contributed by atoms with van der Waals surface area (Å²) in [6, 6.07) is 7.39. The second-order valence-electron chi connectivity index (χ2n) is 5.78. The van der Waals surface area contributed by atoms with Gasteiger partial charge in [0.15, 0.2) is 11.0 Å². The van der Waals surface area contributed by atoms with Crippen LogP contribution in [0.3, 0.4) is 0 Å². The summed E-state index contributed by atoms with van der Waals surface area (Å²) in [6.45, 7) is 4.78. The highest BCUT2D eigenvalue weighted by atomic mass is 32.2. The highest BCUT2D eigenvalue weighted by molar-refractivity contribution is 7.99. The maximum atomic E-state index is 12.3. The van der Waals surface area contributed by atoms with E-state index in [1.54, 1.807) is 11.6 Å². The fraction of sp³-hybridized carbons (Fsp3) is 0.294. The number of anilines is 1. The van der Waals surface area contributed by atoms with Gasteiger partial charge in [0, 0.05) is 12.1 Å². The van der Waals surface area contributed by atoms with E-state index in [2.05, 4.69) is 31.0 Å². The van der Waals surface area contributed by atoms with Gasteiger partial charge >= 0.3 is 0 Å². The molecular formula is C17H19N7O2S2. The van der Waals surface area contributed by atoms with Crippen LogP contribution in [0.25, 0.3) is 0 Å². The van der Waals surface area contributed by atoms with Crippen molar-refractivity contribution in [2.45, 2.75) is 32.1 Å². The number of carbonyl (C=O) groups is 2. The van der Waals surface area contributed by atoms with Gasteiger partial charge in [-0.3, -0.25) is 14.9 Å². The molecule has 2 N–H and O–H groups in total. The Bertz CT molecular complexity index is 956. The number of aryl methyl sites for hydroxylation is 1. The molecule has 1 aromatic carbocycles. The minimum Gasteiger partial charge on any atom is -0.345 e. The van der Waals surface area contributed by atoms with E-state index in [9.17, 15) is 9.59 Å². The molecule has 11 heteroatoms. The Hall–Kier alpha value is -2.79. The predicted molar refractivity (Wildman–Crippen MR) is 107 cm³/mol. The van der Waals surface area contributed by atoms with Gasteiger partial charge < -0.3 is 9.88 Å². The maximum Gasteiger partial charge on any atom is 0.251 e. The molecule has 0 spiro atoms. The summed E-state index contributed by atoms with van der Waals surface area (Å²) in [6.07, 6.45) is 0. The lowest BCUT2D eigenvalue weighted by molar-refractivity contribution is -0.113. The molecule has 0 aliphatic rings. The molecule has 0 saturated heterocycles. The average Bonchev–Trinajstić information content (AvgIpc) is 3.33. The quantitative estimate of drug-likeness (QED) is 0.540. The molecular weight excluding hydrogens is 398 g/mol. The first-order valence-corrected chi connectivity index (χ1v) is 10.4. The number of benzene rings is 1. The summed E-state index contributed by atoms with van der Waals surface area (Å²) in [4.78, 5) is 24.3. The number of amides is 2. The van der Waals surface area contributed by atoms with Crippen LogP contribution in [0, 0.1) is 6.92 Å². The third-order valence-electron chi connectivity index (χ3n) is 3.74. The number of nitrogens with zero attached hydrogens (tertiary/aromatic N) is 5. The van der Waals surface area contributed by atoms with E-state index in [1.807, 2.05) is 36.6 Å². The molecule has 0 aliphatic carbocycles. The molecule has 0 unspecified atom stereocenters. The van der Waals surface area contributed by atoms with Gasteiger partial charge in [0.1, 0.15) is 5.51 Å². The van der Waals surface area contributed by atoms with Crippen LogP contribution in [0.2, 0.25) is 0 Å². The molecule has 3 aromatic rings. The molecule has 0 atom stereocenters. The summed E-state index contributed by atoms with van der Waals surface area (Å²) >= 11 is 2.53. The van der Waals surface area contributed by atoms with E-state index >= 15 is 0 Å². The van der Waals surface area contributed by atoms with Gasteiger partial charge in [0.05, 0.1) is 12.3 Å². The zero-order valence-corrected chi connectivity index (χ0v) is 17.0. The van der Waals surface area contributed by atoms with E-state index in [1.165, 1.54) is 23.1 Å². The van der Waals surface area contributed by atoms with Gasteiger partial charge in [0.25, 0.3) is 5.91 Å². The largest absolute Gasteiger partial charge is 0.345 e. The van der Waals surface area contributed by atoms with Crippen LogP contribution in [0.1, 0.15) is 28.7 Å². The Balaban J connectivity index is 1.57. The zero-order chi connectivity index (χ0) is 19.9. The molecule has 0 aliphatic heterocycles. The lowest BCUT2D eigenvalue weighted by Crippen LogP contribution is -2.25. The van der Waals surface area contributed by atoms with Crippen molar-refractivity contribution in [2.24, 2.45) is 0 Å². The summed E-state index contributed by atoms with van der Waals surface area (Å²) in [5.74, 6) is 0.449. The highest BCUT2D eigenvalue weighted by Crippen LogP contribution is 2.18. The summed E-state index contributed by atoms with van der Waals surface area (Å²) in [5.41, 5.74) is 3.17. The monoisotopic (exact) mass is 417 g/mol. The Morgan fingerprint density at radius 3 is 2.82 bits per heavy atom. The van der Waals surface area contributed by atoms with E-state index in [4.69, 9.17) is 0 Å². The molecule has 2 amide bonds. The smallest absolute Gasteiger partial charge is 0.251 e. The van der Waals surface area contributed by atoms with Gasteiger partial charge in [-0.25, -0.2) is 0 Å². The van der Waals surface area contributed by atoms with Crippen LogP contribution in [0.5, 0.6) is 0 Å². The van der Waals surface area contributed by atoms with Gasteiger partial charge in [-0.15, -0.1) is 20.4 Å². The SMILES string of the molecule is CCn1c(CNC(=O)c2cccc(C)c2)nnc1SCC(=O)Nc1nncs1. The van der Waals surface area contributed by atoms with Gasteiger partial charge in [0.2, 0.25) is 11.0 Å². The van der Waals surface area contributed by atoms with Crippen molar-refractivity contribution < 1.29 is 9.59 Å². The van der Waals surface area contributed by atoms with Gasteiger partial charge in [-0.2, -0.15) is 0 Å². The molecule has 2 aromatic heterocycles. The van der Waals surface area contributed by atoms with Gasteiger partial charge in [-0.1, -0.05) is 40.8 Å². The molecule has 2 heterocycles. The normalized spacial score (nSPS) is 10.6. The third-order valence-corrected chi connectivity index (χ3v) is 5.31. The summed E-state index contributed by atoms with van der Waals surface area (Å²) in [5, 5.41) is 22.3. The lowest BCUT2D eigenvalue weighted by atomic mass is 10.1. The van der Waals surface area contributed by atoms with Gasteiger partial charge in [-0.05, 0) is 26.0 Å². The molecule has 3 rings (SSSR count). The number of thioether (sulfide) groups is 1. The molecule has 146 valence electrons. The summed E-state index contributed by atoms with van der Waals surface area (Å²) < 4.78 is 1.87. The lowest BCUT2D eigenvalue weighted by Gasteiger charge is -2.08. The number of hydrogen-bond acceptors (Lipinski definition) is 8.